The van der Waals surface area contributed by atoms with Crippen LogP contribution < -0.4 is 10.0 Å². The molecule has 1 aliphatic rings. The van der Waals surface area contributed by atoms with Crippen LogP contribution >= 0.6 is 11.3 Å². The summed E-state index contributed by atoms with van der Waals surface area (Å²) >= 11 is 1.10. The molecule has 1 aromatic heterocycles. The fourth-order valence-electron chi connectivity index (χ4n) is 2.76. The Hall–Kier alpha value is -1.83. The second kappa shape index (κ2) is 9.98. The second-order valence-electron chi connectivity index (χ2n) is 6.47. The van der Waals surface area contributed by atoms with Gasteiger partial charge in [-0.25, -0.2) is 21.6 Å². The molecule has 1 aromatic carbocycles. The molecule has 164 valence electrons. The summed E-state index contributed by atoms with van der Waals surface area (Å²) in [6, 6.07) is 11.1. The highest BCUT2D eigenvalue weighted by molar-refractivity contribution is 7.91. The number of ether oxygens (including phenoxy) is 1. The Morgan fingerprint density at radius 2 is 1.73 bits per heavy atom. The number of nitrogens with zero attached hydrogens (tertiary/aromatic N) is 1. The van der Waals surface area contributed by atoms with E-state index in [1.165, 1.54) is 22.5 Å². The van der Waals surface area contributed by atoms with E-state index in [2.05, 4.69) is 10.0 Å². The Morgan fingerprint density at radius 3 is 2.43 bits per heavy atom. The maximum absolute atomic E-state index is 12.6. The van der Waals surface area contributed by atoms with Gasteiger partial charge in [-0.15, -0.1) is 11.3 Å². The monoisotopic (exact) mass is 473 g/mol. The first-order valence-electron chi connectivity index (χ1n) is 9.27. The summed E-state index contributed by atoms with van der Waals surface area (Å²) in [6.07, 6.45) is -0.0314. The molecule has 1 aliphatic heterocycles. The van der Waals surface area contributed by atoms with Crippen molar-refractivity contribution in [1.82, 2.24) is 14.3 Å². The molecule has 2 aromatic rings. The summed E-state index contributed by atoms with van der Waals surface area (Å²) in [5.74, 6) is -0.336. The summed E-state index contributed by atoms with van der Waals surface area (Å²) in [7, 11) is -7.21. The quantitative estimate of drug-likeness (QED) is 0.554. The minimum atomic E-state index is -3.66. The summed E-state index contributed by atoms with van der Waals surface area (Å²) in [5, 5.41) is 2.68. The van der Waals surface area contributed by atoms with Gasteiger partial charge in [-0.1, -0.05) is 18.2 Å². The van der Waals surface area contributed by atoms with Gasteiger partial charge < -0.3 is 10.1 Å². The van der Waals surface area contributed by atoms with Crippen molar-refractivity contribution in [2.75, 3.05) is 32.8 Å². The first-order chi connectivity index (χ1) is 14.3. The van der Waals surface area contributed by atoms with Crippen molar-refractivity contribution < 1.29 is 26.4 Å². The van der Waals surface area contributed by atoms with Gasteiger partial charge >= 0.3 is 0 Å². The molecule has 2 heterocycles. The third-order valence-corrected chi connectivity index (χ3v) is 9.29. The molecule has 0 spiro atoms. The topological polar surface area (TPSA) is 122 Å². The molecule has 0 aliphatic carbocycles. The fourth-order valence-corrected chi connectivity index (χ4v) is 6.67. The smallest absolute Gasteiger partial charge is 0.252 e. The van der Waals surface area contributed by atoms with Crippen molar-refractivity contribution in [3.63, 3.8) is 0 Å². The average molecular weight is 474 g/mol. The summed E-state index contributed by atoms with van der Waals surface area (Å²) in [5.41, 5.74) is 0. The fraction of sp³-hybridized carbons (Fsp3) is 0.389. The Morgan fingerprint density at radius 1 is 1.03 bits per heavy atom. The summed E-state index contributed by atoms with van der Waals surface area (Å²) in [6.45, 7) is 1.54. The number of morpholine rings is 1. The first kappa shape index (κ1) is 22.8. The van der Waals surface area contributed by atoms with Crippen LogP contribution in [0.2, 0.25) is 0 Å². The number of carbonyl (C=O) groups excluding carboxylic acids is 1. The Kier molecular flexibility index (Phi) is 7.60. The largest absolute Gasteiger partial charge is 0.379 e. The lowest BCUT2D eigenvalue weighted by Crippen LogP contribution is -2.40. The molecule has 30 heavy (non-hydrogen) atoms. The van der Waals surface area contributed by atoms with Crippen molar-refractivity contribution in [3.05, 3.63) is 47.3 Å². The molecule has 0 unspecified atom stereocenters. The highest BCUT2D eigenvalue weighted by atomic mass is 32.2. The SMILES string of the molecule is O=C(CCNS(=O)(=O)c1ccccc1)NCc1ccc(S(=O)(=O)N2CCOCC2)s1. The lowest BCUT2D eigenvalue weighted by atomic mass is 10.4. The Balaban J connectivity index is 1.46. The first-order valence-corrected chi connectivity index (χ1v) is 13.0. The number of thiophene rings is 1. The number of rotatable bonds is 9. The van der Waals surface area contributed by atoms with Gasteiger partial charge in [0.05, 0.1) is 24.7 Å². The van der Waals surface area contributed by atoms with Crippen molar-refractivity contribution in [3.8, 4) is 0 Å². The molecule has 0 saturated carbocycles. The van der Waals surface area contributed by atoms with Crippen LogP contribution in [-0.4, -0.2) is 59.9 Å². The number of hydrogen-bond donors (Lipinski definition) is 2. The van der Waals surface area contributed by atoms with Crippen molar-refractivity contribution in [2.24, 2.45) is 0 Å². The maximum Gasteiger partial charge on any atom is 0.252 e. The van der Waals surface area contributed by atoms with Gasteiger partial charge in [0.1, 0.15) is 4.21 Å². The number of benzene rings is 1. The van der Waals surface area contributed by atoms with E-state index in [4.69, 9.17) is 4.74 Å². The lowest BCUT2D eigenvalue weighted by molar-refractivity contribution is -0.121. The van der Waals surface area contributed by atoms with Gasteiger partial charge in [-0.05, 0) is 24.3 Å². The Bertz CT molecular complexity index is 1060. The number of sulfonamides is 2. The number of amides is 1. The van der Waals surface area contributed by atoms with E-state index in [9.17, 15) is 21.6 Å². The maximum atomic E-state index is 12.6. The molecule has 1 fully saturated rings. The van der Waals surface area contributed by atoms with Crippen LogP contribution in [0.3, 0.4) is 0 Å². The van der Waals surface area contributed by atoms with Crippen molar-refractivity contribution in [1.29, 1.82) is 0 Å². The predicted molar refractivity (Wildman–Crippen MR) is 112 cm³/mol. The van der Waals surface area contributed by atoms with E-state index in [1.54, 1.807) is 24.3 Å². The van der Waals surface area contributed by atoms with Gasteiger partial charge in [0.2, 0.25) is 15.9 Å². The van der Waals surface area contributed by atoms with Crippen LogP contribution in [0.4, 0.5) is 0 Å². The summed E-state index contributed by atoms with van der Waals surface area (Å²) in [4.78, 5) is 12.8. The molecule has 2 N–H and O–H groups in total. The van der Waals surface area contributed by atoms with Gasteiger partial charge in [0.25, 0.3) is 10.0 Å². The van der Waals surface area contributed by atoms with E-state index >= 15 is 0 Å². The molecule has 9 nitrogen and oxygen atoms in total. The molecule has 1 saturated heterocycles. The molecular formula is C18H23N3O6S3. The van der Waals surface area contributed by atoms with E-state index in [0.29, 0.717) is 31.2 Å². The second-order valence-corrected chi connectivity index (χ2v) is 11.6. The third kappa shape index (κ3) is 5.86. The van der Waals surface area contributed by atoms with Crippen molar-refractivity contribution in [2.45, 2.75) is 22.1 Å². The lowest BCUT2D eigenvalue weighted by Gasteiger charge is -2.25. The zero-order chi connectivity index (χ0) is 21.6. The molecule has 0 bridgehead atoms. The van der Waals surface area contributed by atoms with Crippen LogP contribution in [-0.2, 0) is 36.1 Å². The normalized spacial score (nSPS) is 15.7. The number of nitrogens with one attached hydrogen (secondary N) is 2. The zero-order valence-electron chi connectivity index (χ0n) is 16.1. The molecule has 0 atom stereocenters. The zero-order valence-corrected chi connectivity index (χ0v) is 18.6. The molecule has 3 rings (SSSR count). The Labute approximate surface area is 180 Å². The molecule has 1 amide bonds. The highest BCUT2D eigenvalue weighted by Gasteiger charge is 2.27. The van der Waals surface area contributed by atoms with Gasteiger partial charge in [-0.2, -0.15) is 4.31 Å². The van der Waals surface area contributed by atoms with Crippen LogP contribution in [0, 0.1) is 0 Å². The predicted octanol–water partition coefficient (Wildman–Crippen LogP) is 0.754. The molecular weight excluding hydrogens is 450 g/mol. The minimum absolute atomic E-state index is 0.0314. The highest BCUT2D eigenvalue weighted by Crippen LogP contribution is 2.25. The molecule has 0 radical (unpaired) electrons. The van der Waals surface area contributed by atoms with E-state index in [-0.39, 0.29) is 34.5 Å². The van der Waals surface area contributed by atoms with E-state index in [0.717, 1.165) is 11.3 Å². The van der Waals surface area contributed by atoms with Crippen LogP contribution in [0.15, 0.2) is 51.6 Å². The minimum Gasteiger partial charge on any atom is -0.379 e. The van der Waals surface area contributed by atoms with Crippen LogP contribution in [0.25, 0.3) is 0 Å². The van der Waals surface area contributed by atoms with Crippen LogP contribution in [0.1, 0.15) is 11.3 Å². The van der Waals surface area contributed by atoms with Gasteiger partial charge in [0, 0.05) is 30.9 Å². The number of carbonyl (C=O) groups is 1. The van der Waals surface area contributed by atoms with Crippen molar-refractivity contribution >= 4 is 37.3 Å². The van der Waals surface area contributed by atoms with Gasteiger partial charge in [-0.3, -0.25) is 4.79 Å². The third-order valence-electron chi connectivity index (χ3n) is 4.36. The average Bonchev–Trinajstić information content (AvgIpc) is 3.23. The van der Waals surface area contributed by atoms with E-state index in [1.807, 2.05) is 0 Å². The van der Waals surface area contributed by atoms with E-state index < -0.39 is 20.0 Å². The molecule has 12 heteroatoms. The standard InChI is InChI=1S/C18H23N3O6S3/c22-17(8-9-20-29(23,24)16-4-2-1-3-5-16)19-14-15-6-7-18(28-15)30(25,26)21-10-12-27-13-11-21/h1-7,20H,8-14H2,(H,19,22). The number of hydrogen-bond acceptors (Lipinski definition) is 7. The summed E-state index contributed by atoms with van der Waals surface area (Å²) < 4.78 is 58.6. The van der Waals surface area contributed by atoms with Crippen LogP contribution in [0.5, 0.6) is 0 Å². The van der Waals surface area contributed by atoms with Gasteiger partial charge in [0.15, 0.2) is 0 Å².